The van der Waals surface area contributed by atoms with Gasteiger partial charge >= 0.3 is 0 Å². The molecule has 2 rings (SSSR count). The normalized spacial score (nSPS) is 20.1. The van der Waals surface area contributed by atoms with E-state index in [0.717, 1.165) is 0 Å². The van der Waals surface area contributed by atoms with Gasteiger partial charge in [0.15, 0.2) is 0 Å². The zero-order valence-electron chi connectivity index (χ0n) is 12.6. The Morgan fingerprint density at radius 1 is 1.00 bits per heavy atom. The summed E-state index contributed by atoms with van der Waals surface area (Å²) in [7, 11) is 0. The Morgan fingerprint density at radius 2 is 1.44 bits per heavy atom. The molecular weight excluding hydrogens is 218 g/mol. The molecule has 0 spiro atoms. The topological polar surface area (TPSA) is 26.0 Å². The molecule has 0 amide bonds. The van der Waals surface area contributed by atoms with E-state index in [1.165, 1.54) is 53.5 Å². The predicted octanol–water partition coefficient (Wildman–Crippen LogP) is 4.50. The van der Waals surface area contributed by atoms with Crippen LogP contribution in [0.1, 0.15) is 66.5 Å². The Labute approximate surface area is 112 Å². The molecule has 1 aliphatic carbocycles. The number of hydrogen-bond acceptors (Lipinski definition) is 1. The van der Waals surface area contributed by atoms with Crippen molar-refractivity contribution in [3.63, 3.8) is 0 Å². The molecule has 2 N–H and O–H groups in total. The number of benzene rings is 1. The van der Waals surface area contributed by atoms with Gasteiger partial charge in [0.05, 0.1) is 0 Å². The van der Waals surface area contributed by atoms with Crippen LogP contribution >= 0.6 is 0 Å². The molecular formula is C17H27N. The van der Waals surface area contributed by atoms with E-state index in [-0.39, 0.29) is 6.04 Å². The van der Waals surface area contributed by atoms with E-state index in [4.69, 9.17) is 5.73 Å². The molecule has 0 aliphatic heterocycles. The lowest BCUT2D eigenvalue weighted by Gasteiger charge is -2.34. The van der Waals surface area contributed by atoms with Crippen LogP contribution in [0.25, 0.3) is 0 Å². The number of hydrogen-bond donors (Lipinski definition) is 1. The molecule has 0 radical (unpaired) electrons. The molecule has 1 aliphatic rings. The lowest BCUT2D eigenvalue weighted by atomic mass is 9.74. The monoisotopic (exact) mass is 245 g/mol. The van der Waals surface area contributed by atoms with Crippen molar-refractivity contribution in [1.29, 1.82) is 0 Å². The second-order valence-electron chi connectivity index (χ2n) is 6.51. The van der Waals surface area contributed by atoms with E-state index in [9.17, 15) is 0 Å². The minimum Gasteiger partial charge on any atom is -0.323 e. The molecule has 1 unspecified atom stereocenters. The molecule has 0 heterocycles. The summed E-state index contributed by atoms with van der Waals surface area (Å²) in [4.78, 5) is 0. The van der Waals surface area contributed by atoms with Crippen LogP contribution in [0.15, 0.2) is 6.07 Å². The van der Waals surface area contributed by atoms with Gasteiger partial charge in [0, 0.05) is 6.04 Å². The lowest BCUT2D eigenvalue weighted by Crippen LogP contribution is -2.31. The van der Waals surface area contributed by atoms with Crippen LogP contribution in [0.2, 0.25) is 0 Å². The van der Waals surface area contributed by atoms with Crippen molar-refractivity contribution in [2.24, 2.45) is 11.1 Å². The van der Waals surface area contributed by atoms with Gasteiger partial charge in [-0.15, -0.1) is 0 Å². The predicted molar refractivity (Wildman–Crippen MR) is 78.9 cm³/mol. The molecule has 0 bridgehead atoms. The first-order valence-electron chi connectivity index (χ1n) is 7.20. The first-order chi connectivity index (χ1) is 8.37. The smallest absolute Gasteiger partial charge is 0.0354 e. The second kappa shape index (κ2) is 4.70. The van der Waals surface area contributed by atoms with Crippen LogP contribution in [-0.4, -0.2) is 0 Å². The molecule has 1 fully saturated rings. The highest BCUT2D eigenvalue weighted by atomic mass is 14.7. The van der Waals surface area contributed by atoms with Crippen molar-refractivity contribution in [2.75, 3.05) is 0 Å². The summed E-state index contributed by atoms with van der Waals surface area (Å²) < 4.78 is 0. The van der Waals surface area contributed by atoms with E-state index in [2.05, 4.69) is 40.7 Å². The van der Waals surface area contributed by atoms with E-state index in [0.29, 0.717) is 5.41 Å². The molecule has 100 valence electrons. The van der Waals surface area contributed by atoms with E-state index >= 15 is 0 Å². The summed E-state index contributed by atoms with van der Waals surface area (Å²) in [5, 5.41) is 0. The van der Waals surface area contributed by atoms with Crippen LogP contribution in [0.4, 0.5) is 0 Å². The maximum absolute atomic E-state index is 6.67. The van der Waals surface area contributed by atoms with Gasteiger partial charge in [-0.3, -0.25) is 0 Å². The summed E-state index contributed by atoms with van der Waals surface area (Å²) >= 11 is 0. The van der Waals surface area contributed by atoms with Crippen LogP contribution in [0.5, 0.6) is 0 Å². The second-order valence-corrected chi connectivity index (χ2v) is 6.51. The van der Waals surface area contributed by atoms with E-state index in [1.807, 2.05) is 0 Å². The van der Waals surface area contributed by atoms with Crippen molar-refractivity contribution in [1.82, 2.24) is 0 Å². The molecule has 1 saturated carbocycles. The first-order valence-corrected chi connectivity index (χ1v) is 7.20. The number of nitrogens with two attached hydrogens (primary N) is 1. The Hall–Kier alpha value is -0.820. The molecule has 0 saturated heterocycles. The minimum atomic E-state index is 0.193. The van der Waals surface area contributed by atoms with Crippen LogP contribution < -0.4 is 5.73 Å². The molecule has 1 aromatic carbocycles. The highest BCUT2D eigenvalue weighted by Gasteiger charge is 2.37. The van der Waals surface area contributed by atoms with Crippen molar-refractivity contribution in [3.05, 3.63) is 33.9 Å². The van der Waals surface area contributed by atoms with Gasteiger partial charge in [-0.05, 0) is 73.8 Å². The van der Waals surface area contributed by atoms with E-state index in [1.54, 1.807) is 0 Å². The third kappa shape index (κ3) is 2.09. The van der Waals surface area contributed by atoms with Crippen molar-refractivity contribution in [2.45, 2.75) is 66.3 Å². The quantitative estimate of drug-likeness (QED) is 0.815. The van der Waals surface area contributed by atoms with Gasteiger partial charge in [0.2, 0.25) is 0 Å². The van der Waals surface area contributed by atoms with E-state index < -0.39 is 0 Å². The van der Waals surface area contributed by atoms with Crippen molar-refractivity contribution >= 4 is 0 Å². The molecule has 0 aromatic heterocycles. The largest absolute Gasteiger partial charge is 0.323 e. The fourth-order valence-electron chi connectivity index (χ4n) is 3.56. The zero-order chi connectivity index (χ0) is 13.5. The third-order valence-corrected chi connectivity index (χ3v) is 5.23. The van der Waals surface area contributed by atoms with Gasteiger partial charge in [0.25, 0.3) is 0 Å². The molecule has 1 heteroatoms. The summed E-state index contributed by atoms with van der Waals surface area (Å²) in [5.41, 5.74) is 14.0. The summed E-state index contributed by atoms with van der Waals surface area (Å²) in [6, 6.07) is 2.48. The molecule has 1 aromatic rings. The Kier molecular flexibility index (Phi) is 3.55. The van der Waals surface area contributed by atoms with Crippen molar-refractivity contribution < 1.29 is 0 Å². The molecule has 1 nitrogen and oxygen atoms in total. The average molecular weight is 245 g/mol. The van der Waals surface area contributed by atoms with Gasteiger partial charge < -0.3 is 5.73 Å². The Morgan fingerprint density at radius 3 is 1.89 bits per heavy atom. The minimum absolute atomic E-state index is 0.193. The molecule has 1 atom stereocenters. The summed E-state index contributed by atoms with van der Waals surface area (Å²) in [5.74, 6) is 0. The maximum Gasteiger partial charge on any atom is 0.0354 e. The van der Waals surface area contributed by atoms with Gasteiger partial charge in [-0.25, -0.2) is 0 Å². The fourth-order valence-corrected chi connectivity index (χ4v) is 3.56. The Balaban J connectivity index is 2.50. The summed E-state index contributed by atoms with van der Waals surface area (Å²) in [6.07, 6.45) is 5.24. The first kappa shape index (κ1) is 13.6. The standard InChI is InChI=1S/C17H27N/c1-11-10-12(2)14(4)15(13(11)3)16(18)17(5)8-6-7-9-17/h10,16H,6-9,18H2,1-5H3. The van der Waals surface area contributed by atoms with Gasteiger partial charge in [-0.1, -0.05) is 25.8 Å². The number of rotatable bonds is 2. The highest BCUT2D eigenvalue weighted by Crippen LogP contribution is 2.47. The molecule has 18 heavy (non-hydrogen) atoms. The van der Waals surface area contributed by atoms with Gasteiger partial charge in [-0.2, -0.15) is 0 Å². The Bertz CT molecular complexity index is 427. The maximum atomic E-state index is 6.67. The lowest BCUT2D eigenvalue weighted by molar-refractivity contribution is 0.264. The van der Waals surface area contributed by atoms with Crippen LogP contribution in [0, 0.1) is 33.1 Å². The summed E-state index contributed by atoms with van der Waals surface area (Å²) in [6.45, 7) is 11.2. The zero-order valence-corrected chi connectivity index (χ0v) is 12.6. The third-order valence-electron chi connectivity index (χ3n) is 5.23. The van der Waals surface area contributed by atoms with Crippen LogP contribution in [-0.2, 0) is 0 Å². The fraction of sp³-hybridized carbons (Fsp3) is 0.647. The van der Waals surface area contributed by atoms with Crippen LogP contribution in [0.3, 0.4) is 0 Å². The SMILES string of the molecule is Cc1cc(C)c(C)c(C(N)C2(C)CCCC2)c1C. The van der Waals surface area contributed by atoms with Gasteiger partial charge in [0.1, 0.15) is 0 Å². The van der Waals surface area contributed by atoms with Crippen molar-refractivity contribution in [3.8, 4) is 0 Å². The number of aryl methyl sites for hydroxylation is 2. The average Bonchev–Trinajstić information content (AvgIpc) is 2.75. The highest BCUT2D eigenvalue weighted by molar-refractivity contribution is 5.46.